The lowest BCUT2D eigenvalue weighted by Crippen LogP contribution is -2.48. The van der Waals surface area contributed by atoms with Crippen LogP contribution in [0.25, 0.3) is 0 Å². The lowest BCUT2D eigenvalue weighted by atomic mass is 9.90. The van der Waals surface area contributed by atoms with E-state index in [1.165, 1.54) is 0 Å². The van der Waals surface area contributed by atoms with Crippen LogP contribution >= 0.6 is 0 Å². The molecule has 8 nitrogen and oxygen atoms in total. The minimum absolute atomic E-state index is 0.0663. The molecule has 1 saturated heterocycles. The normalized spacial score (nSPS) is 22.1. The van der Waals surface area contributed by atoms with Crippen molar-refractivity contribution in [1.82, 2.24) is 20.9 Å². The Morgan fingerprint density at radius 2 is 1.79 bits per heavy atom. The number of imide groups is 2. The third-order valence-electron chi connectivity index (χ3n) is 5.67. The van der Waals surface area contributed by atoms with E-state index in [1.54, 1.807) is 6.92 Å². The summed E-state index contributed by atoms with van der Waals surface area (Å²) in [5, 5.41) is 7.61. The van der Waals surface area contributed by atoms with E-state index in [0.29, 0.717) is 11.5 Å². The van der Waals surface area contributed by atoms with E-state index in [9.17, 15) is 19.2 Å². The van der Waals surface area contributed by atoms with E-state index in [0.717, 1.165) is 36.1 Å². The lowest BCUT2D eigenvalue weighted by molar-refractivity contribution is -0.134. The largest absolute Gasteiger partial charge is 0.335 e. The van der Waals surface area contributed by atoms with Crippen LogP contribution in [0.3, 0.4) is 0 Å². The van der Waals surface area contributed by atoms with Crippen molar-refractivity contribution in [2.45, 2.75) is 64.0 Å². The fourth-order valence-corrected chi connectivity index (χ4v) is 3.84. The number of nitrogens with zero attached hydrogens (tertiary/aromatic N) is 1. The highest BCUT2D eigenvalue weighted by molar-refractivity contribution is 6.10. The standard InChI is InChI=1S/C21H28N4O4/c1-13(2)14-8-10-15(11-9-14)21(3)18(27)25(20(29)24-21)12-17(26)23-19(28)22-16-6-4-5-7-16/h8-11,13,16H,4-7,12H2,1-3H3,(H,24,29)(H2,22,23,26,28)/t21-/m0/s1. The van der Waals surface area contributed by atoms with Gasteiger partial charge in [0.1, 0.15) is 12.1 Å². The molecule has 0 bridgehead atoms. The average molecular weight is 400 g/mol. The van der Waals surface area contributed by atoms with Crippen molar-refractivity contribution in [1.29, 1.82) is 0 Å². The second-order valence-electron chi connectivity index (χ2n) is 8.23. The van der Waals surface area contributed by atoms with Gasteiger partial charge in [-0.05, 0) is 36.8 Å². The number of hydrogen-bond acceptors (Lipinski definition) is 4. The first kappa shape index (κ1) is 20.8. The maximum Gasteiger partial charge on any atom is 0.325 e. The summed E-state index contributed by atoms with van der Waals surface area (Å²) in [7, 11) is 0. The molecule has 0 spiro atoms. The Bertz CT molecular complexity index is 814. The molecule has 1 atom stereocenters. The van der Waals surface area contributed by atoms with E-state index in [4.69, 9.17) is 0 Å². The van der Waals surface area contributed by atoms with Crippen molar-refractivity contribution in [3.8, 4) is 0 Å². The van der Waals surface area contributed by atoms with Crippen LogP contribution in [0.4, 0.5) is 9.59 Å². The zero-order chi connectivity index (χ0) is 21.2. The average Bonchev–Trinajstić information content (AvgIpc) is 3.24. The first-order valence-corrected chi connectivity index (χ1v) is 10.1. The summed E-state index contributed by atoms with van der Waals surface area (Å²) in [4.78, 5) is 50.3. The number of nitrogens with one attached hydrogen (secondary N) is 3. The smallest absolute Gasteiger partial charge is 0.325 e. The molecule has 1 saturated carbocycles. The van der Waals surface area contributed by atoms with Crippen LogP contribution in [0.5, 0.6) is 0 Å². The van der Waals surface area contributed by atoms with Gasteiger partial charge in [0.2, 0.25) is 5.91 Å². The third kappa shape index (κ3) is 4.41. The summed E-state index contributed by atoms with van der Waals surface area (Å²) in [6, 6.07) is 6.29. The Hall–Kier alpha value is -2.90. The summed E-state index contributed by atoms with van der Waals surface area (Å²) < 4.78 is 0. The van der Waals surface area contributed by atoms with E-state index >= 15 is 0 Å². The molecule has 8 heteroatoms. The first-order chi connectivity index (χ1) is 13.7. The van der Waals surface area contributed by atoms with Gasteiger partial charge in [0.15, 0.2) is 0 Å². The molecule has 2 fully saturated rings. The minimum atomic E-state index is -1.25. The van der Waals surface area contributed by atoms with Gasteiger partial charge in [-0.3, -0.25) is 19.8 Å². The second-order valence-corrected chi connectivity index (χ2v) is 8.23. The van der Waals surface area contributed by atoms with Crippen LogP contribution in [-0.4, -0.2) is 41.4 Å². The first-order valence-electron chi connectivity index (χ1n) is 10.1. The molecular formula is C21H28N4O4. The zero-order valence-corrected chi connectivity index (χ0v) is 17.1. The summed E-state index contributed by atoms with van der Waals surface area (Å²) in [5.41, 5.74) is 0.514. The van der Waals surface area contributed by atoms with Gasteiger partial charge < -0.3 is 10.6 Å². The summed E-state index contributed by atoms with van der Waals surface area (Å²) in [5.74, 6) is -0.879. The Morgan fingerprint density at radius 3 is 2.38 bits per heavy atom. The Labute approximate surface area is 170 Å². The summed E-state index contributed by atoms with van der Waals surface area (Å²) >= 11 is 0. The Kier molecular flexibility index (Phi) is 5.91. The molecule has 1 heterocycles. The molecule has 1 aromatic rings. The highest BCUT2D eigenvalue weighted by Gasteiger charge is 2.49. The maximum atomic E-state index is 12.9. The number of carbonyl (C=O) groups is 4. The number of carbonyl (C=O) groups excluding carboxylic acids is 4. The molecule has 1 aliphatic heterocycles. The van der Waals surface area contributed by atoms with Crippen molar-refractivity contribution in [3.63, 3.8) is 0 Å². The van der Waals surface area contributed by atoms with Gasteiger partial charge in [0.05, 0.1) is 0 Å². The fourth-order valence-electron chi connectivity index (χ4n) is 3.84. The van der Waals surface area contributed by atoms with Crippen LogP contribution in [0.2, 0.25) is 0 Å². The fraction of sp³-hybridized carbons (Fsp3) is 0.524. The van der Waals surface area contributed by atoms with Crippen LogP contribution < -0.4 is 16.0 Å². The van der Waals surface area contributed by atoms with Crippen LogP contribution in [-0.2, 0) is 15.1 Å². The molecular weight excluding hydrogens is 372 g/mol. The number of benzene rings is 1. The van der Waals surface area contributed by atoms with Crippen LogP contribution in [0.15, 0.2) is 24.3 Å². The van der Waals surface area contributed by atoms with E-state index in [-0.39, 0.29) is 6.04 Å². The highest BCUT2D eigenvalue weighted by atomic mass is 16.2. The highest BCUT2D eigenvalue weighted by Crippen LogP contribution is 2.29. The Balaban J connectivity index is 1.63. The quantitative estimate of drug-likeness (QED) is 0.659. The monoisotopic (exact) mass is 400 g/mol. The van der Waals surface area contributed by atoms with Crippen LogP contribution in [0, 0.1) is 0 Å². The minimum Gasteiger partial charge on any atom is -0.335 e. The van der Waals surface area contributed by atoms with Gasteiger partial charge >= 0.3 is 12.1 Å². The van der Waals surface area contributed by atoms with Crippen molar-refractivity contribution < 1.29 is 19.2 Å². The van der Waals surface area contributed by atoms with E-state index in [1.807, 2.05) is 24.3 Å². The molecule has 0 radical (unpaired) electrons. The molecule has 6 amide bonds. The van der Waals surface area contributed by atoms with Gasteiger partial charge in [-0.25, -0.2) is 9.59 Å². The van der Waals surface area contributed by atoms with Gasteiger partial charge in [0.25, 0.3) is 5.91 Å². The van der Waals surface area contributed by atoms with Crippen molar-refractivity contribution in [2.75, 3.05) is 6.54 Å². The van der Waals surface area contributed by atoms with Crippen molar-refractivity contribution in [3.05, 3.63) is 35.4 Å². The molecule has 29 heavy (non-hydrogen) atoms. The third-order valence-corrected chi connectivity index (χ3v) is 5.67. The lowest BCUT2D eigenvalue weighted by Gasteiger charge is -2.22. The molecule has 2 aliphatic rings. The zero-order valence-electron chi connectivity index (χ0n) is 17.1. The number of amides is 6. The predicted molar refractivity (Wildman–Crippen MR) is 107 cm³/mol. The topological polar surface area (TPSA) is 108 Å². The van der Waals surface area contributed by atoms with Gasteiger partial charge in [0, 0.05) is 6.04 Å². The van der Waals surface area contributed by atoms with Gasteiger partial charge in [-0.15, -0.1) is 0 Å². The predicted octanol–water partition coefficient (Wildman–Crippen LogP) is 2.35. The summed E-state index contributed by atoms with van der Waals surface area (Å²) in [6.07, 6.45) is 3.89. The van der Waals surface area contributed by atoms with Crippen molar-refractivity contribution in [2.24, 2.45) is 0 Å². The number of urea groups is 2. The SMILES string of the molecule is CC(C)c1ccc([C@]2(C)NC(=O)N(CC(=O)NC(=O)NC3CCCC3)C2=O)cc1. The maximum absolute atomic E-state index is 12.9. The van der Waals surface area contributed by atoms with E-state index < -0.39 is 36.0 Å². The van der Waals surface area contributed by atoms with E-state index in [2.05, 4.69) is 29.8 Å². The molecule has 3 N–H and O–H groups in total. The van der Waals surface area contributed by atoms with Crippen molar-refractivity contribution >= 4 is 23.9 Å². The molecule has 1 aliphatic carbocycles. The molecule has 3 rings (SSSR count). The summed E-state index contributed by atoms with van der Waals surface area (Å²) in [6.45, 7) is 5.25. The number of hydrogen-bond donors (Lipinski definition) is 3. The molecule has 0 aromatic heterocycles. The second kappa shape index (κ2) is 8.23. The Morgan fingerprint density at radius 1 is 1.17 bits per heavy atom. The van der Waals surface area contributed by atoms with Crippen LogP contribution in [0.1, 0.15) is 63.5 Å². The molecule has 156 valence electrons. The van der Waals surface area contributed by atoms with Gasteiger partial charge in [-0.1, -0.05) is 51.0 Å². The van der Waals surface area contributed by atoms with Gasteiger partial charge in [-0.2, -0.15) is 0 Å². The molecule has 1 aromatic carbocycles. The molecule has 0 unspecified atom stereocenters. The number of rotatable bonds is 5.